The summed E-state index contributed by atoms with van der Waals surface area (Å²) in [5.74, 6) is 1.30. The van der Waals surface area contributed by atoms with Gasteiger partial charge in [-0.05, 0) is 37.6 Å². The highest BCUT2D eigenvalue weighted by atomic mass is 16.5. The Bertz CT molecular complexity index is 1030. The van der Waals surface area contributed by atoms with E-state index in [9.17, 15) is 0 Å². The SMILES string of the molecule is Cc1noc(C)c1-c1cccc(Nc2nccc(-c3cncnc3)n2)c1. The standard InChI is InChI=1S/C19H16N6O/c1-12-18(13(2)26-25-12)14-4-3-5-16(8-14)23-19-22-7-6-17(24-19)15-9-20-11-21-10-15/h3-11H,1-2H3,(H,22,23,24). The zero-order valence-electron chi connectivity index (χ0n) is 14.3. The smallest absolute Gasteiger partial charge is 0.227 e. The van der Waals surface area contributed by atoms with Crippen molar-refractivity contribution in [3.63, 3.8) is 0 Å². The van der Waals surface area contributed by atoms with E-state index in [1.54, 1.807) is 18.6 Å². The second-order valence-electron chi connectivity index (χ2n) is 5.80. The van der Waals surface area contributed by atoms with Gasteiger partial charge in [0.25, 0.3) is 0 Å². The monoisotopic (exact) mass is 344 g/mol. The Labute approximate surface area is 150 Å². The molecule has 1 aromatic carbocycles. The first kappa shape index (κ1) is 15.9. The minimum atomic E-state index is 0.502. The van der Waals surface area contributed by atoms with E-state index in [1.165, 1.54) is 6.33 Å². The van der Waals surface area contributed by atoms with Gasteiger partial charge in [-0.15, -0.1) is 0 Å². The summed E-state index contributed by atoms with van der Waals surface area (Å²) in [6.07, 6.45) is 6.63. The van der Waals surface area contributed by atoms with E-state index in [4.69, 9.17) is 4.52 Å². The first-order chi connectivity index (χ1) is 12.7. The minimum absolute atomic E-state index is 0.502. The van der Waals surface area contributed by atoms with Gasteiger partial charge in [0.1, 0.15) is 12.1 Å². The predicted octanol–water partition coefficient (Wildman–Crippen LogP) is 3.95. The van der Waals surface area contributed by atoms with Gasteiger partial charge in [0.2, 0.25) is 5.95 Å². The Morgan fingerprint density at radius 1 is 1.00 bits per heavy atom. The van der Waals surface area contributed by atoms with Gasteiger partial charge in [0, 0.05) is 35.4 Å². The summed E-state index contributed by atoms with van der Waals surface area (Å²) in [6, 6.07) is 9.80. The van der Waals surface area contributed by atoms with Gasteiger partial charge in [-0.1, -0.05) is 17.3 Å². The number of benzene rings is 1. The normalized spacial score (nSPS) is 10.7. The quantitative estimate of drug-likeness (QED) is 0.599. The van der Waals surface area contributed by atoms with Crippen molar-refractivity contribution < 1.29 is 4.52 Å². The lowest BCUT2D eigenvalue weighted by Gasteiger charge is -2.08. The van der Waals surface area contributed by atoms with Crippen LogP contribution >= 0.6 is 0 Å². The molecule has 0 bridgehead atoms. The van der Waals surface area contributed by atoms with Crippen molar-refractivity contribution in [2.24, 2.45) is 0 Å². The van der Waals surface area contributed by atoms with Crippen molar-refractivity contribution in [1.82, 2.24) is 25.1 Å². The number of aryl methyl sites for hydroxylation is 2. The van der Waals surface area contributed by atoms with E-state index in [0.29, 0.717) is 5.95 Å². The van der Waals surface area contributed by atoms with Gasteiger partial charge >= 0.3 is 0 Å². The van der Waals surface area contributed by atoms with Crippen LogP contribution in [-0.4, -0.2) is 25.1 Å². The maximum absolute atomic E-state index is 5.27. The van der Waals surface area contributed by atoms with Crippen molar-refractivity contribution in [3.8, 4) is 22.4 Å². The molecule has 0 aliphatic carbocycles. The number of hydrogen-bond donors (Lipinski definition) is 1. The van der Waals surface area contributed by atoms with Crippen LogP contribution < -0.4 is 5.32 Å². The first-order valence-electron chi connectivity index (χ1n) is 8.09. The molecule has 0 saturated carbocycles. The average Bonchev–Trinajstić information content (AvgIpc) is 3.01. The molecule has 0 atom stereocenters. The number of rotatable bonds is 4. The van der Waals surface area contributed by atoms with Crippen LogP contribution in [0.3, 0.4) is 0 Å². The molecule has 1 N–H and O–H groups in total. The van der Waals surface area contributed by atoms with E-state index in [2.05, 4.69) is 30.4 Å². The third kappa shape index (κ3) is 3.14. The molecule has 3 aromatic heterocycles. The maximum Gasteiger partial charge on any atom is 0.227 e. The molecule has 7 heteroatoms. The van der Waals surface area contributed by atoms with Crippen molar-refractivity contribution in [1.29, 1.82) is 0 Å². The summed E-state index contributed by atoms with van der Waals surface area (Å²) >= 11 is 0. The van der Waals surface area contributed by atoms with Crippen LogP contribution in [0.15, 0.2) is 59.8 Å². The Balaban J connectivity index is 1.64. The lowest BCUT2D eigenvalue weighted by molar-refractivity contribution is 0.393. The lowest BCUT2D eigenvalue weighted by atomic mass is 10.0. The van der Waals surface area contributed by atoms with E-state index >= 15 is 0 Å². The van der Waals surface area contributed by atoms with Crippen LogP contribution in [0, 0.1) is 13.8 Å². The fourth-order valence-corrected chi connectivity index (χ4v) is 2.79. The molecule has 0 saturated heterocycles. The largest absolute Gasteiger partial charge is 0.361 e. The zero-order chi connectivity index (χ0) is 17.9. The molecule has 0 amide bonds. The minimum Gasteiger partial charge on any atom is -0.361 e. The van der Waals surface area contributed by atoms with Gasteiger partial charge in [-0.2, -0.15) is 0 Å². The molecule has 128 valence electrons. The third-order valence-corrected chi connectivity index (χ3v) is 3.95. The topological polar surface area (TPSA) is 89.6 Å². The number of nitrogens with zero attached hydrogens (tertiary/aromatic N) is 5. The molecule has 0 unspecified atom stereocenters. The Kier molecular flexibility index (Phi) is 4.10. The highest BCUT2D eigenvalue weighted by molar-refractivity contribution is 5.72. The average molecular weight is 344 g/mol. The van der Waals surface area contributed by atoms with E-state index in [-0.39, 0.29) is 0 Å². The Hall–Kier alpha value is -3.61. The molecular formula is C19H16N6O. The van der Waals surface area contributed by atoms with Crippen LogP contribution in [0.5, 0.6) is 0 Å². The van der Waals surface area contributed by atoms with Crippen LogP contribution in [0.4, 0.5) is 11.6 Å². The molecule has 4 aromatic rings. The molecule has 3 heterocycles. The fraction of sp³-hybridized carbons (Fsp3) is 0.105. The van der Waals surface area contributed by atoms with Crippen molar-refractivity contribution >= 4 is 11.6 Å². The Morgan fingerprint density at radius 2 is 1.85 bits per heavy atom. The predicted molar refractivity (Wildman–Crippen MR) is 97.8 cm³/mol. The fourth-order valence-electron chi connectivity index (χ4n) is 2.79. The van der Waals surface area contributed by atoms with Crippen molar-refractivity contribution in [3.05, 3.63) is 66.7 Å². The summed E-state index contributed by atoms with van der Waals surface area (Å²) in [5, 5.41) is 7.26. The lowest BCUT2D eigenvalue weighted by Crippen LogP contribution is -1.98. The van der Waals surface area contributed by atoms with Gasteiger partial charge in [-0.25, -0.2) is 19.9 Å². The Morgan fingerprint density at radius 3 is 2.62 bits per heavy atom. The molecule has 0 aliphatic rings. The summed E-state index contributed by atoms with van der Waals surface area (Å²) in [4.78, 5) is 16.9. The zero-order valence-corrected chi connectivity index (χ0v) is 14.3. The number of aromatic nitrogens is 5. The van der Waals surface area contributed by atoms with E-state index in [1.807, 2.05) is 44.2 Å². The van der Waals surface area contributed by atoms with Gasteiger partial charge in [0.05, 0.1) is 11.4 Å². The van der Waals surface area contributed by atoms with E-state index in [0.717, 1.165) is 39.5 Å². The van der Waals surface area contributed by atoms with Gasteiger partial charge < -0.3 is 9.84 Å². The summed E-state index contributed by atoms with van der Waals surface area (Å²) < 4.78 is 5.27. The molecule has 0 spiro atoms. The highest BCUT2D eigenvalue weighted by Gasteiger charge is 2.12. The first-order valence-corrected chi connectivity index (χ1v) is 8.09. The second-order valence-corrected chi connectivity index (χ2v) is 5.80. The van der Waals surface area contributed by atoms with E-state index < -0.39 is 0 Å². The molecule has 7 nitrogen and oxygen atoms in total. The second kappa shape index (κ2) is 6.72. The van der Waals surface area contributed by atoms with Gasteiger partial charge in [-0.3, -0.25) is 0 Å². The molecule has 0 radical (unpaired) electrons. The third-order valence-electron chi connectivity index (χ3n) is 3.95. The van der Waals surface area contributed by atoms with Crippen LogP contribution in [0.25, 0.3) is 22.4 Å². The summed E-state index contributed by atoms with van der Waals surface area (Å²) in [5.41, 5.74) is 5.36. The molecule has 4 rings (SSSR count). The number of nitrogens with one attached hydrogen (secondary N) is 1. The molecule has 26 heavy (non-hydrogen) atoms. The number of anilines is 2. The van der Waals surface area contributed by atoms with Crippen molar-refractivity contribution in [2.45, 2.75) is 13.8 Å². The maximum atomic E-state index is 5.27. The number of hydrogen-bond acceptors (Lipinski definition) is 7. The highest BCUT2D eigenvalue weighted by Crippen LogP contribution is 2.29. The van der Waals surface area contributed by atoms with Crippen LogP contribution in [0.1, 0.15) is 11.5 Å². The van der Waals surface area contributed by atoms with Crippen molar-refractivity contribution in [2.75, 3.05) is 5.32 Å². The van der Waals surface area contributed by atoms with Gasteiger partial charge in [0.15, 0.2) is 0 Å². The summed E-state index contributed by atoms with van der Waals surface area (Å²) in [6.45, 7) is 3.84. The molecular weight excluding hydrogens is 328 g/mol. The van der Waals surface area contributed by atoms with Crippen LogP contribution in [-0.2, 0) is 0 Å². The molecule has 0 aliphatic heterocycles. The molecule has 0 fully saturated rings. The van der Waals surface area contributed by atoms with Crippen LogP contribution in [0.2, 0.25) is 0 Å². The summed E-state index contributed by atoms with van der Waals surface area (Å²) in [7, 11) is 0.